The van der Waals surface area contributed by atoms with Crippen molar-refractivity contribution >= 4 is 34.0 Å². The lowest BCUT2D eigenvalue weighted by molar-refractivity contribution is -0.385. The molecule has 1 N–H and O–H groups in total. The highest BCUT2D eigenvalue weighted by Gasteiger charge is 2.20. The minimum atomic E-state index is -1.33. The Morgan fingerprint density at radius 3 is 2.53 bits per heavy atom. The maximum atomic E-state index is 10.9. The van der Waals surface area contributed by atoms with Crippen LogP contribution in [-0.4, -0.2) is 16.0 Å². The molecule has 0 saturated heterocycles. The lowest BCUT2D eigenvalue weighted by atomic mass is 10.1. The van der Waals surface area contributed by atoms with Gasteiger partial charge in [0.25, 0.3) is 5.69 Å². The van der Waals surface area contributed by atoms with Crippen molar-refractivity contribution in [2.24, 2.45) is 0 Å². The summed E-state index contributed by atoms with van der Waals surface area (Å²) < 4.78 is 0. The Morgan fingerprint density at radius 2 is 1.94 bits per heavy atom. The monoisotopic (exact) mass is 251 g/mol. The van der Waals surface area contributed by atoms with Gasteiger partial charge in [0.15, 0.2) is 0 Å². The van der Waals surface area contributed by atoms with Gasteiger partial charge in [0.05, 0.1) is 4.92 Å². The van der Waals surface area contributed by atoms with Gasteiger partial charge < -0.3 is 5.11 Å². The summed E-state index contributed by atoms with van der Waals surface area (Å²) in [5.41, 5.74) is -0.767. The third-order valence-electron chi connectivity index (χ3n) is 2.34. The summed E-state index contributed by atoms with van der Waals surface area (Å²) in [5.74, 6) is -1.33. The number of nitro groups is 1. The van der Waals surface area contributed by atoms with Crippen molar-refractivity contribution in [3.8, 4) is 0 Å². The van der Waals surface area contributed by atoms with Crippen molar-refractivity contribution < 1.29 is 14.8 Å². The van der Waals surface area contributed by atoms with E-state index in [9.17, 15) is 14.9 Å². The van der Waals surface area contributed by atoms with Gasteiger partial charge in [0, 0.05) is 11.1 Å². The maximum Gasteiger partial charge on any atom is 0.342 e. The fraction of sp³-hybridized carbons (Fsp3) is 0. The molecule has 0 radical (unpaired) electrons. The van der Waals surface area contributed by atoms with E-state index in [0.717, 1.165) is 0 Å². The van der Waals surface area contributed by atoms with Crippen LogP contribution in [0.25, 0.3) is 10.8 Å². The highest BCUT2D eigenvalue weighted by Crippen LogP contribution is 2.27. The average Bonchev–Trinajstić information content (AvgIpc) is 2.26. The third kappa shape index (κ3) is 2.05. The van der Waals surface area contributed by atoms with Gasteiger partial charge in [-0.3, -0.25) is 10.1 Å². The second kappa shape index (κ2) is 4.03. The Hall–Kier alpha value is -2.14. The van der Waals surface area contributed by atoms with Gasteiger partial charge >= 0.3 is 5.97 Å². The van der Waals surface area contributed by atoms with E-state index in [-0.39, 0.29) is 5.56 Å². The molecule has 0 aliphatic carbocycles. The largest absolute Gasteiger partial charge is 0.477 e. The van der Waals surface area contributed by atoms with E-state index in [2.05, 4.69) is 0 Å². The molecule has 0 heterocycles. The molecule has 17 heavy (non-hydrogen) atoms. The number of rotatable bonds is 2. The predicted molar refractivity (Wildman–Crippen MR) is 62.6 cm³/mol. The first-order valence-corrected chi connectivity index (χ1v) is 4.98. The number of fused-ring (bicyclic) bond motifs is 1. The Balaban J connectivity index is 2.81. The first-order valence-electron chi connectivity index (χ1n) is 4.60. The second-order valence-electron chi connectivity index (χ2n) is 3.42. The highest BCUT2D eigenvalue weighted by atomic mass is 35.5. The number of aromatic carboxylic acids is 1. The number of carboxylic acids is 1. The molecule has 6 heteroatoms. The Morgan fingerprint density at radius 1 is 1.24 bits per heavy atom. The fourth-order valence-electron chi connectivity index (χ4n) is 1.58. The number of halogens is 1. The number of carbonyl (C=O) groups is 1. The number of nitro benzene ring substituents is 1. The van der Waals surface area contributed by atoms with Gasteiger partial charge in [-0.25, -0.2) is 4.79 Å². The predicted octanol–water partition coefficient (Wildman–Crippen LogP) is 3.10. The Labute approximate surface area is 100 Å². The molecule has 0 aliphatic heterocycles. The normalized spacial score (nSPS) is 10.4. The summed E-state index contributed by atoms with van der Waals surface area (Å²) in [4.78, 5) is 21.0. The number of hydrogen-bond acceptors (Lipinski definition) is 3. The van der Waals surface area contributed by atoms with Crippen molar-refractivity contribution in [2.45, 2.75) is 0 Å². The Bertz CT molecular complexity index is 639. The van der Waals surface area contributed by atoms with E-state index in [4.69, 9.17) is 16.7 Å². The molecule has 5 nitrogen and oxygen atoms in total. The summed E-state index contributed by atoms with van der Waals surface area (Å²) in [7, 11) is 0. The van der Waals surface area contributed by atoms with Gasteiger partial charge in [0.1, 0.15) is 5.56 Å². The molecular formula is C11H6ClNO4. The van der Waals surface area contributed by atoms with Crippen LogP contribution in [0.5, 0.6) is 0 Å². The summed E-state index contributed by atoms with van der Waals surface area (Å²) in [6.07, 6.45) is 0. The smallest absolute Gasteiger partial charge is 0.342 e. The number of nitrogens with zero attached hydrogens (tertiary/aromatic N) is 1. The van der Waals surface area contributed by atoms with Gasteiger partial charge in [-0.05, 0) is 29.0 Å². The van der Waals surface area contributed by atoms with Gasteiger partial charge in [-0.2, -0.15) is 0 Å². The molecule has 86 valence electrons. The van der Waals surface area contributed by atoms with Gasteiger partial charge in [0.2, 0.25) is 0 Å². The lowest BCUT2D eigenvalue weighted by Gasteiger charge is -2.02. The van der Waals surface area contributed by atoms with Crippen molar-refractivity contribution in [3.05, 3.63) is 51.0 Å². The molecule has 0 atom stereocenters. The van der Waals surface area contributed by atoms with Crippen LogP contribution in [0.3, 0.4) is 0 Å². The maximum absolute atomic E-state index is 10.9. The molecular weight excluding hydrogens is 246 g/mol. The summed E-state index contributed by atoms with van der Waals surface area (Å²) in [5, 5.41) is 21.2. The topological polar surface area (TPSA) is 80.4 Å². The van der Waals surface area contributed by atoms with Crippen LogP contribution in [0, 0.1) is 10.1 Å². The first-order chi connectivity index (χ1) is 7.99. The van der Waals surface area contributed by atoms with E-state index in [1.807, 2.05) is 0 Å². The van der Waals surface area contributed by atoms with Crippen LogP contribution in [0.2, 0.25) is 5.02 Å². The van der Waals surface area contributed by atoms with Crippen molar-refractivity contribution in [1.82, 2.24) is 0 Å². The molecule has 2 aromatic carbocycles. The molecule has 0 aromatic heterocycles. The number of carboxylic acid groups (broad SMARTS) is 1. The van der Waals surface area contributed by atoms with Crippen LogP contribution < -0.4 is 0 Å². The van der Waals surface area contributed by atoms with Crippen LogP contribution >= 0.6 is 11.6 Å². The van der Waals surface area contributed by atoms with E-state index < -0.39 is 16.6 Å². The van der Waals surface area contributed by atoms with Crippen LogP contribution in [0.4, 0.5) is 5.69 Å². The van der Waals surface area contributed by atoms with E-state index in [1.54, 1.807) is 18.2 Å². The Kier molecular flexibility index (Phi) is 2.69. The lowest BCUT2D eigenvalue weighted by Crippen LogP contribution is -2.02. The quantitative estimate of drug-likeness (QED) is 0.657. The van der Waals surface area contributed by atoms with Crippen LogP contribution in [0.15, 0.2) is 30.3 Å². The first kappa shape index (κ1) is 11.3. The third-order valence-corrected chi connectivity index (χ3v) is 2.58. The SMILES string of the molecule is O=C(O)c1cc2ccc(Cl)cc2cc1[N+](=O)[O-]. The molecule has 0 amide bonds. The molecule has 0 spiro atoms. The summed E-state index contributed by atoms with van der Waals surface area (Å²) in [6, 6.07) is 7.25. The zero-order valence-electron chi connectivity index (χ0n) is 8.38. The van der Waals surface area contributed by atoms with Gasteiger partial charge in [-0.15, -0.1) is 0 Å². The van der Waals surface area contributed by atoms with Crippen molar-refractivity contribution in [3.63, 3.8) is 0 Å². The molecule has 2 aromatic rings. The minimum absolute atomic E-state index is 0.329. The molecule has 0 saturated carbocycles. The van der Waals surface area contributed by atoms with E-state index in [1.165, 1.54) is 12.1 Å². The number of hydrogen-bond donors (Lipinski definition) is 1. The highest BCUT2D eigenvalue weighted by molar-refractivity contribution is 6.31. The van der Waals surface area contributed by atoms with Crippen molar-refractivity contribution in [1.29, 1.82) is 0 Å². The van der Waals surface area contributed by atoms with E-state index >= 15 is 0 Å². The minimum Gasteiger partial charge on any atom is -0.477 e. The number of benzene rings is 2. The standard InChI is InChI=1S/C11H6ClNO4/c12-8-2-1-6-4-9(11(14)15)10(13(16)17)5-7(6)3-8/h1-5H,(H,14,15). The van der Waals surface area contributed by atoms with E-state index in [0.29, 0.717) is 15.8 Å². The molecule has 0 fully saturated rings. The molecule has 0 aliphatic rings. The summed E-state index contributed by atoms with van der Waals surface area (Å²) in [6.45, 7) is 0. The second-order valence-corrected chi connectivity index (χ2v) is 3.86. The van der Waals surface area contributed by atoms with Crippen LogP contribution in [-0.2, 0) is 0 Å². The zero-order chi connectivity index (χ0) is 12.6. The molecule has 0 unspecified atom stereocenters. The average molecular weight is 252 g/mol. The van der Waals surface area contributed by atoms with Crippen LogP contribution in [0.1, 0.15) is 10.4 Å². The molecule has 2 rings (SSSR count). The zero-order valence-corrected chi connectivity index (χ0v) is 9.14. The van der Waals surface area contributed by atoms with Crippen molar-refractivity contribution in [2.75, 3.05) is 0 Å². The fourth-order valence-corrected chi connectivity index (χ4v) is 1.76. The summed E-state index contributed by atoms with van der Waals surface area (Å²) >= 11 is 5.77. The van der Waals surface area contributed by atoms with Gasteiger partial charge in [-0.1, -0.05) is 17.7 Å². The molecule has 0 bridgehead atoms.